The first kappa shape index (κ1) is 15.2. The maximum Gasteiger partial charge on any atom is 0.0681 e. The summed E-state index contributed by atoms with van der Waals surface area (Å²) >= 11 is 1.83. The molecular formula is C17H23NOS. The molecule has 0 aliphatic heterocycles. The second-order valence-corrected chi connectivity index (χ2v) is 6.45. The highest BCUT2D eigenvalue weighted by atomic mass is 32.1. The average Bonchev–Trinajstić information content (AvgIpc) is 2.97. The van der Waals surface area contributed by atoms with Gasteiger partial charge in [-0.2, -0.15) is 0 Å². The van der Waals surface area contributed by atoms with E-state index in [1.54, 1.807) is 0 Å². The molecule has 0 aliphatic carbocycles. The number of thiophene rings is 1. The standard InChI is InChI=1S/C17H23NOS/c1-13(9-17-7-4-8-20-17)11-18-14(2)16-6-3-5-15(10-16)12-19/h3-8,10,13-14,18-19H,9,11-12H2,1-2H3. The average molecular weight is 289 g/mol. The Morgan fingerprint density at radius 2 is 2.05 bits per heavy atom. The minimum atomic E-state index is 0.106. The van der Waals surface area contributed by atoms with E-state index in [4.69, 9.17) is 0 Å². The van der Waals surface area contributed by atoms with E-state index < -0.39 is 0 Å². The smallest absolute Gasteiger partial charge is 0.0681 e. The van der Waals surface area contributed by atoms with Crippen LogP contribution in [0.15, 0.2) is 41.8 Å². The minimum Gasteiger partial charge on any atom is -0.392 e. The van der Waals surface area contributed by atoms with Crippen molar-refractivity contribution in [2.75, 3.05) is 6.54 Å². The van der Waals surface area contributed by atoms with Gasteiger partial charge in [0.25, 0.3) is 0 Å². The number of aliphatic hydroxyl groups excluding tert-OH is 1. The predicted molar refractivity (Wildman–Crippen MR) is 86.0 cm³/mol. The molecule has 0 spiro atoms. The molecule has 0 fully saturated rings. The zero-order valence-electron chi connectivity index (χ0n) is 12.2. The van der Waals surface area contributed by atoms with Crippen molar-refractivity contribution < 1.29 is 5.11 Å². The van der Waals surface area contributed by atoms with E-state index in [1.165, 1.54) is 10.4 Å². The van der Waals surface area contributed by atoms with Crippen LogP contribution in [0, 0.1) is 5.92 Å². The van der Waals surface area contributed by atoms with Crippen LogP contribution in [-0.4, -0.2) is 11.7 Å². The van der Waals surface area contributed by atoms with Crippen LogP contribution in [0.25, 0.3) is 0 Å². The predicted octanol–water partition coefficient (Wildman–Crippen LogP) is 3.77. The van der Waals surface area contributed by atoms with Crippen LogP contribution in [0.2, 0.25) is 0 Å². The van der Waals surface area contributed by atoms with Crippen LogP contribution in [0.4, 0.5) is 0 Å². The van der Waals surface area contributed by atoms with Crippen LogP contribution >= 0.6 is 11.3 Å². The van der Waals surface area contributed by atoms with Gasteiger partial charge in [-0.15, -0.1) is 11.3 Å². The van der Waals surface area contributed by atoms with Crippen molar-refractivity contribution in [1.29, 1.82) is 0 Å². The lowest BCUT2D eigenvalue weighted by atomic mass is 10.0. The molecule has 2 rings (SSSR count). The third kappa shape index (κ3) is 4.44. The summed E-state index contributed by atoms with van der Waals surface area (Å²) in [5.74, 6) is 0.622. The van der Waals surface area contributed by atoms with E-state index in [-0.39, 0.29) is 6.61 Å². The van der Waals surface area contributed by atoms with Crippen molar-refractivity contribution in [3.05, 3.63) is 57.8 Å². The Balaban J connectivity index is 1.83. The van der Waals surface area contributed by atoms with Crippen molar-refractivity contribution in [2.45, 2.75) is 32.9 Å². The summed E-state index contributed by atoms with van der Waals surface area (Å²) < 4.78 is 0. The molecule has 2 aromatic rings. The monoisotopic (exact) mass is 289 g/mol. The molecule has 2 nitrogen and oxygen atoms in total. The van der Waals surface area contributed by atoms with Gasteiger partial charge in [0.05, 0.1) is 6.61 Å². The molecule has 0 radical (unpaired) electrons. The molecule has 0 saturated heterocycles. The summed E-state index contributed by atoms with van der Waals surface area (Å²) in [6.45, 7) is 5.57. The van der Waals surface area contributed by atoms with Gasteiger partial charge in [0.15, 0.2) is 0 Å². The first-order chi connectivity index (χ1) is 9.69. The Bertz CT molecular complexity index is 509. The summed E-state index contributed by atoms with van der Waals surface area (Å²) in [6, 6.07) is 12.8. The van der Waals surface area contributed by atoms with Gasteiger partial charge in [-0.25, -0.2) is 0 Å². The third-order valence-corrected chi connectivity index (χ3v) is 4.43. The highest BCUT2D eigenvalue weighted by molar-refractivity contribution is 7.09. The summed E-state index contributed by atoms with van der Waals surface area (Å²) in [7, 11) is 0. The van der Waals surface area contributed by atoms with Crippen LogP contribution < -0.4 is 5.32 Å². The highest BCUT2D eigenvalue weighted by Gasteiger charge is 2.09. The molecule has 1 heterocycles. The van der Waals surface area contributed by atoms with Crippen LogP contribution in [-0.2, 0) is 13.0 Å². The Hall–Kier alpha value is -1.16. The Labute approximate surface area is 125 Å². The van der Waals surface area contributed by atoms with Gasteiger partial charge in [0.2, 0.25) is 0 Å². The second-order valence-electron chi connectivity index (χ2n) is 5.42. The van der Waals surface area contributed by atoms with Crippen molar-refractivity contribution in [2.24, 2.45) is 5.92 Å². The highest BCUT2D eigenvalue weighted by Crippen LogP contribution is 2.17. The Kier molecular flexibility index (Phi) is 5.77. The number of benzene rings is 1. The van der Waals surface area contributed by atoms with Crippen molar-refractivity contribution in [3.8, 4) is 0 Å². The van der Waals surface area contributed by atoms with Crippen LogP contribution in [0.1, 0.15) is 35.9 Å². The summed E-state index contributed by atoms with van der Waals surface area (Å²) in [5, 5.41) is 14.9. The molecule has 108 valence electrons. The fraction of sp³-hybridized carbons (Fsp3) is 0.412. The maximum atomic E-state index is 9.19. The normalized spacial score (nSPS) is 14.2. The van der Waals surface area contributed by atoms with E-state index >= 15 is 0 Å². The van der Waals surface area contributed by atoms with Gasteiger partial charge in [-0.05, 0) is 48.4 Å². The molecule has 20 heavy (non-hydrogen) atoms. The molecule has 0 bridgehead atoms. The van der Waals surface area contributed by atoms with Crippen LogP contribution in [0.5, 0.6) is 0 Å². The lowest BCUT2D eigenvalue weighted by molar-refractivity contribution is 0.281. The molecule has 1 aromatic carbocycles. The minimum absolute atomic E-state index is 0.106. The largest absolute Gasteiger partial charge is 0.392 e. The Morgan fingerprint density at radius 1 is 1.20 bits per heavy atom. The number of hydrogen-bond acceptors (Lipinski definition) is 3. The molecule has 2 N–H and O–H groups in total. The van der Waals surface area contributed by atoms with Gasteiger partial charge in [-0.3, -0.25) is 0 Å². The van der Waals surface area contributed by atoms with Gasteiger partial charge >= 0.3 is 0 Å². The Morgan fingerprint density at radius 3 is 2.75 bits per heavy atom. The molecule has 2 unspecified atom stereocenters. The molecule has 0 amide bonds. The van der Waals surface area contributed by atoms with Crippen molar-refractivity contribution in [1.82, 2.24) is 5.32 Å². The zero-order chi connectivity index (χ0) is 14.4. The molecule has 0 aliphatic rings. The van der Waals surface area contributed by atoms with Gasteiger partial charge in [-0.1, -0.05) is 37.3 Å². The number of aliphatic hydroxyl groups is 1. The summed E-state index contributed by atoms with van der Waals surface area (Å²) in [5.41, 5.74) is 2.21. The molecule has 0 saturated carbocycles. The van der Waals surface area contributed by atoms with Gasteiger partial charge in [0.1, 0.15) is 0 Å². The number of rotatable bonds is 7. The SMILES string of the molecule is CC(CNC(C)c1cccc(CO)c1)Cc1cccs1. The van der Waals surface area contributed by atoms with Crippen LogP contribution in [0.3, 0.4) is 0 Å². The third-order valence-electron chi connectivity index (χ3n) is 3.54. The fourth-order valence-corrected chi connectivity index (χ4v) is 3.17. The number of nitrogens with one attached hydrogen (secondary N) is 1. The second kappa shape index (κ2) is 7.58. The summed E-state index contributed by atoms with van der Waals surface area (Å²) in [4.78, 5) is 1.45. The quantitative estimate of drug-likeness (QED) is 0.813. The first-order valence-corrected chi connectivity index (χ1v) is 8.02. The van der Waals surface area contributed by atoms with E-state index in [2.05, 4.69) is 48.8 Å². The van der Waals surface area contributed by atoms with Gasteiger partial charge in [0, 0.05) is 10.9 Å². The summed E-state index contributed by atoms with van der Waals surface area (Å²) in [6.07, 6.45) is 1.13. The molecular weight excluding hydrogens is 266 g/mol. The first-order valence-electron chi connectivity index (χ1n) is 7.14. The van der Waals surface area contributed by atoms with E-state index in [0.29, 0.717) is 12.0 Å². The van der Waals surface area contributed by atoms with E-state index in [1.807, 2.05) is 23.5 Å². The van der Waals surface area contributed by atoms with E-state index in [0.717, 1.165) is 18.5 Å². The topological polar surface area (TPSA) is 32.3 Å². The lowest BCUT2D eigenvalue weighted by Crippen LogP contribution is -2.25. The van der Waals surface area contributed by atoms with Crippen molar-refractivity contribution >= 4 is 11.3 Å². The molecule has 3 heteroatoms. The maximum absolute atomic E-state index is 9.19. The van der Waals surface area contributed by atoms with Crippen molar-refractivity contribution in [3.63, 3.8) is 0 Å². The van der Waals surface area contributed by atoms with E-state index in [9.17, 15) is 5.11 Å². The molecule has 2 atom stereocenters. The zero-order valence-corrected chi connectivity index (χ0v) is 13.0. The number of hydrogen-bond donors (Lipinski definition) is 2. The lowest BCUT2D eigenvalue weighted by Gasteiger charge is -2.18. The van der Waals surface area contributed by atoms with Gasteiger partial charge < -0.3 is 10.4 Å². The fourth-order valence-electron chi connectivity index (χ4n) is 2.30. The molecule has 1 aromatic heterocycles.